The zero-order valence-corrected chi connectivity index (χ0v) is 12.8. The fourth-order valence-corrected chi connectivity index (χ4v) is 3.98. The number of hydrogen-bond acceptors (Lipinski definition) is 5. The number of aromatic amines is 1. The minimum absolute atomic E-state index is 0.0573. The molecule has 2 fully saturated rings. The Morgan fingerprint density at radius 1 is 1.41 bits per heavy atom. The van der Waals surface area contributed by atoms with Crippen LogP contribution in [0.25, 0.3) is 11.0 Å². The van der Waals surface area contributed by atoms with Gasteiger partial charge in [-0.25, -0.2) is 9.97 Å². The first-order valence-corrected chi connectivity index (χ1v) is 8.08. The summed E-state index contributed by atoms with van der Waals surface area (Å²) in [6.45, 7) is 3.60. The van der Waals surface area contributed by atoms with E-state index in [2.05, 4.69) is 27.2 Å². The number of aliphatic hydroxyl groups is 1. The maximum Gasteiger partial charge on any atom is 0.143 e. The summed E-state index contributed by atoms with van der Waals surface area (Å²) in [4.78, 5) is 12.0. The summed E-state index contributed by atoms with van der Waals surface area (Å²) in [5.74, 6) is 0.880. The van der Waals surface area contributed by atoms with E-state index in [0.29, 0.717) is 0 Å². The summed E-state index contributed by atoms with van der Waals surface area (Å²) in [5.41, 5.74) is 2.03. The van der Waals surface area contributed by atoms with Gasteiger partial charge in [0.2, 0.25) is 0 Å². The lowest BCUT2D eigenvalue weighted by molar-refractivity contribution is -0.133. The Balaban J connectivity index is 1.65. The van der Waals surface area contributed by atoms with Crippen molar-refractivity contribution in [3.05, 3.63) is 18.1 Å². The predicted octanol–water partition coefficient (Wildman–Crippen LogP) is 1.86. The first kappa shape index (κ1) is 14.0. The molecule has 0 radical (unpaired) electrons. The molecule has 118 valence electrons. The molecule has 1 saturated carbocycles. The molecule has 2 aliphatic rings. The highest BCUT2D eigenvalue weighted by atomic mass is 16.5. The van der Waals surface area contributed by atoms with Crippen LogP contribution in [0.2, 0.25) is 0 Å². The molecule has 1 spiro atoms. The van der Waals surface area contributed by atoms with E-state index in [1.807, 2.05) is 6.20 Å². The van der Waals surface area contributed by atoms with Gasteiger partial charge in [-0.05, 0) is 31.2 Å². The number of nitrogens with one attached hydrogen (secondary N) is 2. The van der Waals surface area contributed by atoms with Gasteiger partial charge >= 0.3 is 0 Å². The highest BCUT2D eigenvalue weighted by Gasteiger charge is 2.55. The molecule has 2 aromatic rings. The second kappa shape index (κ2) is 5.21. The number of rotatable bonds is 3. The molecule has 4 rings (SSSR count). The Labute approximate surface area is 129 Å². The second-order valence-electron chi connectivity index (χ2n) is 6.41. The number of aromatic nitrogens is 3. The zero-order chi connectivity index (χ0) is 15.2. The van der Waals surface area contributed by atoms with Gasteiger partial charge in [0, 0.05) is 30.9 Å². The molecule has 6 nitrogen and oxygen atoms in total. The number of hydrogen-bond donors (Lipinski definition) is 3. The largest absolute Gasteiger partial charge is 0.392 e. The molecule has 1 aliphatic heterocycles. The molecule has 22 heavy (non-hydrogen) atoms. The van der Waals surface area contributed by atoms with Crippen LogP contribution in [0, 0.1) is 5.41 Å². The topological polar surface area (TPSA) is 83.1 Å². The number of nitrogens with zero attached hydrogens (tertiary/aromatic N) is 2. The van der Waals surface area contributed by atoms with Gasteiger partial charge in [0.15, 0.2) is 0 Å². The standard InChI is InChI=1S/C16H22N4O2/c1-2-10-8-17-14-13(10)15(19-9-18-14)20-11-7-12(21)16(11)3-5-22-6-4-16/h8-9,11-12,21H,2-7H2,1H3,(H2,17,18,19,20). The summed E-state index contributed by atoms with van der Waals surface area (Å²) < 4.78 is 5.47. The lowest BCUT2D eigenvalue weighted by Crippen LogP contribution is -2.62. The van der Waals surface area contributed by atoms with Gasteiger partial charge in [-0.3, -0.25) is 0 Å². The number of fused-ring (bicyclic) bond motifs is 1. The fourth-order valence-electron chi connectivity index (χ4n) is 3.98. The van der Waals surface area contributed by atoms with Gasteiger partial charge in [0.25, 0.3) is 0 Å². The van der Waals surface area contributed by atoms with E-state index in [1.54, 1.807) is 6.33 Å². The fraction of sp³-hybridized carbons (Fsp3) is 0.625. The second-order valence-corrected chi connectivity index (χ2v) is 6.41. The van der Waals surface area contributed by atoms with Gasteiger partial charge < -0.3 is 20.1 Å². The Kier molecular flexibility index (Phi) is 3.31. The molecule has 3 N–H and O–H groups in total. The van der Waals surface area contributed by atoms with Gasteiger partial charge in [-0.2, -0.15) is 0 Å². The van der Waals surface area contributed by atoms with Crippen LogP contribution in [0.15, 0.2) is 12.5 Å². The normalized spacial score (nSPS) is 27.0. The monoisotopic (exact) mass is 302 g/mol. The van der Waals surface area contributed by atoms with Crippen LogP contribution < -0.4 is 5.32 Å². The molecule has 0 amide bonds. The van der Waals surface area contributed by atoms with Crippen molar-refractivity contribution in [2.24, 2.45) is 5.41 Å². The molecular formula is C16H22N4O2. The van der Waals surface area contributed by atoms with Crippen molar-refractivity contribution in [1.29, 1.82) is 0 Å². The Bertz CT molecular complexity index is 678. The minimum atomic E-state index is -0.233. The van der Waals surface area contributed by atoms with Crippen molar-refractivity contribution in [1.82, 2.24) is 15.0 Å². The Morgan fingerprint density at radius 3 is 2.95 bits per heavy atom. The summed E-state index contributed by atoms with van der Waals surface area (Å²) in [7, 11) is 0. The summed E-state index contributed by atoms with van der Waals surface area (Å²) in [6.07, 6.45) is 6.90. The first-order valence-electron chi connectivity index (χ1n) is 8.08. The summed E-state index contributed by atoms with van der Waals surface area (Å²) in [5, 5.41) is 15.0. The van der Waals surface area contributed by atoms with Crippen LogP contribution >= 0.6 is 0 Å². The average molecular weight is 302 g/mol. The average Bonchev–Trinajstić information content (AvgIpc) is 2.99. The predicted molar refractivity (Wildman–Crippen MR) is 83.8 cm³/mol. The van der Waals surface area contributed by atoms with Crippen molar-refractivity contribution in [3.63, 3.8) is 0 Å². The third-order valence-corrected chi connectivity index (χ3v) is 5.48. The minimum Gasteiger partial charge on any atom is -0.392 e. The lowest BCUT2D eigenvalue weighted by Gasteiger charge is -2.55. The molecule has 6 heteroatoms. The third-order valence-electron chi connectivity index (χ3n) is 5.48. The van der Waals surface area contributed by atoms with E-state index in [4.69, 9.17) is 4.74 Å². The van der Waals surface area contributed by atoms with Gasteiger partial charge in [-0.1, -0.05) is 6.92 Å². The van der Waals surface area contributed by atoms with Crippen LogP contribution in [-0.4, -0.2) is 45.4 Å². The SMILES string of the molecule is CCc1c[nH]c2ncnc(NC3CC(O)C34CCOCC4)c12. The molecular weight excluding hydrogens is 280 g/mol. The van der Waals surface area contributed by atoms with Crippen molar-refractivity contribution < 1.29 is 9.84 Å². The Hall–Kier alpha value is -1.66. The quantitative estimate of drug-likeness (QED) is 0.806. The van der Waals surface area contributed by atoms with E-state index in [9.17, 15) is 5.11 Å². The van der Waals surface area contributed by atoms with E-state index in [-0.39, 0.29) is 17.6 Å². The lowest BCUT2D eigenvalue weighted by atomic mass is 9.58. The van der Waals surface area contributed by atoms with Crippen molar-refractivity contribution in [3.8, 4) is 0 Å². The molecule has 3 heterocycles. The highest BCUT2D eigenvalue weighted by molar-refractivity contribution is 5.90. The molecule has 0 bridgehead atoms. The molecule has 1 saturated heterocycles. The molecule has 0 aromatic carbocycles. The van der Waals surface area contributed by atoms with Crippen molar-refractivity contribution in [2.75, 3.05) is 18.5 Å². The van der Waals surface area contributed by atoms with Crippen LogP contribution in [-0.2, 0) is 11.2 Å². The zero-order valence-electron chi connectivity index (χ0n) is 12.8. The van der Waals surface area contributed by atoms with Gasteiger partial charge in [0.05, 0.1) is 11.5 Å². The van der Waals surface area contributed by atoms with Crippen LogP contribution in [0.5, 0.6) is 0 Å². The maximum atomic E-state index is 10.3. The van der Waals surface area contributed by atoms with E-state index in [0.717, 1.165) is 55.7 Å². The van der Waals surface area contributed by atoms with E-state index < -0.39 is 0 Å². The smallest absolute Gasteiger partial charge is 0.143 e. The molecule has 1 aliphatic carbocycles. The van der Waals surface area contributed by atoms with Crippen molar-refractivity contribution >= 4 is 16.9 Å². The Morgan fingerprint density at radius 2 is 2.23 bits per heavy atom. The molecule has 2 unspecified atom stereocenters. The number of aliphatic hydroxyl groups excluding tert-OH is 1. The number of aryl methyl sites for hydroxylation is 1. The molecule has 2 aromatic heterocycles. The number of H-pyrrole nitrogens is 1. The van der Waals surface area contributed by atoms with Crippen LogP contribution in [0.1, 0.15) is 31.7 Å². The summed E-state index contributed by atoms with van der Waals surface area (Å²) in [6, 6.07) is 0.254. The highest BCUT2D eigenvalue weighted by Crippen LogP contribution is 2.50. The van der Waals surface area contributed by atoms with Gasteiger partial charge in [-0.15, -0.1) is 0 Å². The van der Waals surface area contributed by atoms with E-state index >= 15 is 0 Å². The van der Waals surface area contributed by atoms with E-state index in [1.165, 1.54) is 5.56 Å². The van der Waals surface area contributed by atoms with Crippen LogP contribution in [0.3, 0.4) is 0 Å². The van der Waals surface area contributed by atoms with Gasteiger partial charge in [0.1, 0.15) is 17.8 Å². The third kappa shape index (κ3) is 1.94. The van der Waals surface area contributed by atoms with Crippen molar-refractivity contribution in [2.45, 2.75) is 44.8 Å². The van der Waals surface area contributed by atoms with Crippen LogP contribution in [0.4, 0.5) is 5.82 Å². The number of anilines is 1. The first-order chi connectivity index (χ1) is 10.7. The molecule has 2 atom stereocenters. The number of ether oxygens (including phenoxy) is 1. The summed E-state index contributed by atoms with van der Waals surface area (Å²) >= 11 is 0. The maximum absolute atomic E-state index is 10.3.